The number of nitrogens with zero attached hydrogens (tertiary/aromatic N) is 2. The highest BCUT2D eigenvalue weighted by molar-refractivity contribution is 9.10. The number of ether oxygens (including phenoxy) is 2. The molecule has 1 aliphatic heterocycles. The molecule has 1 atom stereocenters. The van der Waals surface area contributed by atoms with Crippen molar-refractivity contribution in [2.24, 2.45) is 0 Å². The Morgan fingerprint density at radius 3 is 2.80 bits per heavy atom. The predicted molar refractivity (Wildman–Crippen MR) is 86.3 cm³/mol. The molecule has 0 saturated carbocycles. The molecule has 2 aromatic rings. The number of imidazole rings is 1. The normalized spacial score (nSPS) is 17.9. The highest BCUT2D eigenvalue weighted by Crippen LogP contribution is 2.39. The average Bonchev–Trinajstić information content (AvgIpc) is 2.76. The van der Waals surface area contributed by atoms with Crippen molar-refractivity contribution < 1.29 is 27.0 Å². The number of halogens is 5. The maximum atomic E-state index is 13.1. The zero-order valence-corrected chi connectivity index (χ0v) is 14.8. The number of fused-ring (bicyclic) bond motifs is 1. The maximum Gasteiger partial charge on any atom is 0.419 e. The van der Waals surface area contributed by atoms with Gasteiger partial charge in [-0.15, -0.1) is 0 Å². The van der Waals surface area contributed by atoms with Crippen molar-refractivity contribution in [2.75, 3.05) is 20.4 Å². The number of methoxy groups -OCH3 is 1. The van der Waals surface area contributed by atoms with E-state index in [4.69, 9.17) is 9.47 Å². The predicted octanol–water partition coefficient (Wildman–Crippen LogP) is 4.25. The number of aromatic nitrogens is 2. The van der Waals surface area contributed by atoms with Crippen molar-refractivity contribution in [1.29, 1.82) is 0 Å². The summed E-state index contributed by atoms with van der Waals surface area (Å²) in [6.45, 7) is -0.0528. The Kier molecular flexibility index (Phi) is 5.06. The van der Waals surface area contributed by atoms with Gasteiger partial charge in [-0.05, 0) is 28.1 Å². The van der Waals surface area contributed by atoms with Crippen LogP contribution in [0.15, 0.2) is 22.8 Å². The van der Waals surface area contributed by atoms with E-state index in [9.17, 15) is 17.6 Å². The van der Waals surface area contributed by atoms with Gasteiger partial charge in [-0.25, -0.2) is 9.37 Å². The Morgan fingerprint density at radius 1 is 1.40 bits per heavy atom. The van der Waals surface area contributed by atoms with E-state index in [1.165, 1.54) is 19.2 Å². The quantitative estimate of drug-likeness (QED) is 0.693. The van der Waals surface area contributed by atoms with Gasteiger partial charge in [0.2, 0.25) is 0 Å². The minimum atomic E-state index is -4.51. The van der Waals surface area contributed by atoms with E-state index >= 15 is 0 Å². The van der Waals surface area contributed by atoms with Gasteiger partial charge in [0.05, 0.1) is 31.5 Å². The van der Waals surface area contributed by atoms with Gasteiger partial charge in [-0.1, -0.05) is 6.07 Å². The van der Waals surface area contributed by atoms with Crippen molar-refractivity contribution in [3.63, 3.8) is 0 Å². The van der Waals surface area contributed by atoms with E-state index in [0.29, 0.717) is 29.0 Å². The van der Waals surface area contributed by atoms with Crippen LogP contribution in [0.3, 0.4) is 0 Å². The van der Waals surface area contributed by atoms with Crippen LogP contribution in [0, 0.1) is 0 Å². The molecule has 1 aliphatic rings. The molecular weight excluding hydrogens is 408 g/mol. The molecule has 0 bridgehead atoms. The van der Waals surface area contributed by atoms with E-state index in [1.807, 2.05) is 0 Å². The molecule has 0 radical (unpaired) electrons. The first-order chi connectivity index (χ1) is 11.8. The van der Waals surface area contributed by atoms with Crippen molar-refractivity contribution in [1.82, 2.24) is 9.55 Å². The first kappa shape index (κ1) is 18.2. The summed E-state index contributed by atoms with van der Waals surface area (Å²) in [5.74, 6) is 0.156. The third-order valence-electron chi connectivity index (χ3n) is 4.04. The Balaban J connectivity index is 2.09. The second-order valence-corrected chi connectivity index (χ2v) is 6.34. The molecular formula is C16H15BrF4N2O2. The molecule has 1 aromatic carbocycles. The van der Waals surface area contributed by atoms with Crippen LogP contribution >= 0.6 is 15.9 Å². The van der Waals surface area contributed by atoms with Crippen LogP contribution in [0.2, 0.25) is 0 Å². The van der Waals surface area contributed by atoms with E-state index in [1.54, 1.807) is 4.57 Å². The summed E-state index contributed by atoms with van der Waals surface area (Å²) >= 11 is 3.37. The summed E-state index contributed by atoms with van der Waals surface area (Å²) in [6, 6.07) is 3.59. The summed E-state index contributed by atoms with van der Waals surface area (Å²) in [7, 11) is 1.18. The van der Waals surface area contributed by atoms with Crippen LogP contribution in [0.4, 0.5) is 17.6 Å². The lowest BCUT2D eigenvalue weighted by Gasteiger charge is -2.16. The minimum absolute atomic E-state index is 0.239. The van der Waals surface area contributed by atoms with E-state index in [0.717, 1.165) is 11.8 Å². The van der Waals surface area contributed by atoms with Crippen molar-refractivity contribution in [3.05, 3.63) is 34.1 Å². The SMILES string of the molecule is COc1cc(-c2nc(Br)c3n2C[C@@H](CF)OCC3)ccc1C(F)(F)F. The topological polar surface area (TPSA) is 36.3 Å². The highest BCUT2D eigenvalue weighted by Gasteiger charge is 2.34. The summed E-state index contributed by atoms with van der Waals surface area (Å²) in [4.78, 5) is 4.40. The molecule has 0 unspecified atom stereocenters. The van der Waals surface area contributed by atoms with Gasteiger partial charge in [-0.2, -0.15) is 13.2 Å². The van der Waals surface area contributed by atoms with Crippen molar-refractivity contribution >= 4 is 15.9 Å². The average molecular weight is 423 g/mol. The number of alkyl halides is 4. The monoisotopic (exact) mass is 422 g/mol. The van der Waals surface area contributed by atoms with Crippen LogP contribution in [0.1, 0.15) is 11.3 Å². The van der Waals surface area contributed by atoms with E-state index in [-0.39, 0.29) is 12.3 Å². The molecule has 1 aromatic heterocycles. The van der Waals surface area contributed by atoms with Gasteiger partial charge in [-0.3, -0.25) is 0 Å². The third-order valence-corrected chi connectivity index (χ3v) is 4.67. The fraction of sp³-hybridized carbons (Fsp3) is 0.438. The first-order valence-corrected chi connectivity index (χ1v) is 8.32. The van der Waals surface area contributed by atoms with Crippen molar-refractivity contribution in [3.8, 4) is 17.1 Å². The fourth-order valence-electron chi connectivity index (χ4n) is 2.85. The van der Waals surface area contributed by atoms with E-state index in [2.05, 4.69) is 20.9 Å². The van der Waals surface area contributed by atoms with Crippen LogP contribution in [0.25, 0.3) is 11.4 Å². The molecule has 0 saturated heterocycles. The van der Waals surface area contributed by atoms with Gasteiger partial charge in [0, 0.05) is 12.0 Å². The number of hydrogen-bond donors (Lipinski definition) is 0. The van der Waals surface area contributed by atoms with Gasteiger partial charge >= 0.3 is 6.18 Å². The molecule has 0 N–H and O–H groups in total. The molecule has 2 heterocycles. The summed E-state index contributed by atoms with van der Waals surface area (Å²) < 4.78 is 64.9. The molecule has 0 aliphatic carbocycles. The summed E-state index contributed by atoms with van der Waals surface area (Å²) in [6.07, 6.45) is -4.60. The standard InChI is InChI=1S/C16H15BrF4N2O2/c1-24-13-6-9(2-3-11(13)16(19,20)21)15-22-14(17)12-4-5-25-10(7-18)8-23(12)15/h2-3,6,10H,4-5,7-8H2,1H3/t10-/m1/s1. The van der Waals surface area contributed by atoms with Gasteiger partial charge in [0.1, 0.15) is 29.0 Å². The zero-order chi connectivity index (χ0) is 18.2. The van der Waals surface area contributed by atoms with Crippen LogP contribution in [0.5, 0.6) is 5.75 Å². The molecule has 9 heteroatoms. The first-order valence-electron chi connectivity index (χ1n) is 7.53. The lowest BCUT2D eigenvalue weighted by molar-refractivity contribution is -0.138. The Labute approximate surface area is 149 Å². The molecule has 4 nitrogen and oxygen atoms in total. The van der Waals surface area contributed by atoms with Crippen LogP contribution < -0.4 is 4.74 Å². The molecule has 25 heavy (non-hydrogen) atoms. The van der Waals surface area contributed by atoms with Crippen molar-refractivity contribution in [2.45, 2.75) is 25.2 Å². The van der Waals surface area contributed by atoms with Crippen LogP contribution in [-0.2, 0) is 23.9 Å². The Morgan fingerprint density at radius 2 is 2.16 bits per heavy atom. The molecule has 0 spiro atoms. The second kappa shape index (κ2) is 6.95. The Bertz CT molecular complexity index is 776. The summed E-state index contributed by atoms with van der Waals surface area (Å²) in [5, 5.41) is 0. The molecule has 136 valence electrons. The molecule has 3 rings (SSSR count). The molecule has 0 fully saturated rings. The maximum absolute atomic E-state index is 13.1. The van der Waals surface area contributed by atoms with Gasteiger partial charge in [0.25, 0.3) is 0 Å². The Hall–Kier alpha value is -1.61. The number of rotatable bonds is 3. The third kappa shape index (κ3) is 3.52. The van der Waals surface area contributed by atoms with E-state index < -0.39 is 24.5 Å². The largest absolute Gasteiger partial charge is 0.496 e. The fourth-order valence-corrected chi connectivity index (χ4v) is 3.43. The second-order valence-electron chi connectivity index (χ2n) is 5.59. The summed E-state index contributed by atoms with van der Waals surface area (Å²) in [5.41, 5.74) is 0.423. The van der Waals surface area contributed by atoms with Crippen LogP contribution in [-0.4, -0.2) is 36.0 Å². The lowest BCUT2D eigenvalue weighted by Crippen LogP contribution is -2.21. The molecule has 0 amide bonds. The number of benzene rings is 1. The smallest absolute Gasteiger partial charge is 0.419 e. The van der Waals surface area contributed by atoms with Gasteiger partial charge in [0.15, 0.2) is 0 Å². The van der Waals surface area contributed by atoms with Gasteiger partial charge < -0.3 is 14.0 Å². The zero-order valence-electron chi connectivity index (χ0n) is 13.2. The minimum Gasteiger partial charge on any atom is -0.496 e. The lowest BCUT2D eigenvalue weighted by atomic mass is 10.1. The highest BCUT2D eigenvalue weighted by atomic mass is 79.9. The number of hydrogen-bond acceptors (Lipinski definition) is 3.